The Hall–Kier alpha value is -2.38. The summed E-state index contributed by atoms with van der Waals surface area (Å²) in [4.78, 5) is 12.2. The zero-order valence-corrected chi connectivity index (χ0v) is 15.1. The average Bonchev–Trinajstić information content (AvgIpc) is 2.78. The molecule has 1 heterocycles. The van der Waals surface area contributed by atoms with E-state index in [4.69, 9.17) is 4.74 Å². The molecule has 0 spiro atoms. The first kappa shape index (κ1) is 18.4. The second-order valence-electron chi connectivity index (χ2n) is 6.32. The molecule has 3 rings (SSSR count). The SMILES string of the molecule is O=C1C(CS(=O)(=O)c2ccc(Oc3ccccc3)cc2)CCCCN1O. The molecule has 1 aliphatic heterocycles. The molecule has 2 aromatic carbocycles. The van der Waals surface area contributed by atoms with Crippen molar-refractivity contribution < 1.29 is 23.2 Å². The molecule has 0 aliphatic carbocycles. The van der Waals surface area contributed by atoms with Crippen molar-refractivity contribution in [2.75, 3.05) is 12.3 Å². The van der Waals surface area contributed by atoms with Gasteiger partial charge in [-0.15, -0.1) is 0 Å². The highest BCUT2D eigenvalue weighted by molar-refractivity contribution is 7.91. The van der Waals surface area contributed by atoms with Crippen LogP contribution in [0.2, 0.25) is 0 Å². The minimum atomic E-state index is -3.64. The molecule has 0 aromatic heterocycles. The van der Waals surface area contributed by atoms with Gasteiger partial charge < -0.3 is 4.74 Å². The number of nitrogens with zero attached hydrogens (tertiary/aromatic N) is 1. The molecule has 6 nitrogen and oxygen atoms in total. The van der Waals surface area contributed by atoms with Crippen LogP contribution in [0, 0.1) is 5.92 Å². The van der Waals surface area contributed by atoms with Gasteiger partial charge in [-0.2, -0.15) is 0 Å². The highest BCUT2D eigenvalue weighted by atomic mass is 32.2. The Bertz CT molecular complexity index is 849. The predicted octanol–water partition coefficient (Wildman–Crippen LogP) is 3.27. The maximum atomic E-state index is 12.6. The number of benzene rings is 2. The maximum Gasteiger partial charge on any atom is 0.250 e. The van der Waals surface area contributed by atoms with Gasteiger partial charge in [-0.25, -0.2) is 13.5 Å². The molecule has 0 radical (unpaired) electrons. The number of sulfone groups is 1. The molecule has 1 aliphatic rings. The van der Waals surface area contributed by atoms with Crippen molar-refractivity contribution in [1.82, 2.24) is 5.06 Å². The summed E-state index contributed by atoms with van der Waals surface area (Å²) in [6.07, 6.45) is 1.85. The van der Waals surface area contributed by atoms with Crippen LogP contribution in [0.1, 0.15) is 19.3 Å². The summed E-state index contributed by atoms with van der Waals surface area (Å²) >= 11 is 0. The minimum absolute atomic E-state index is 0.138. The van der Waals surface area contributed by atoms with Gasteiger partial charge in [0.2, 0.25) is 5.91 Å². The average molecular weight is 375 g/mol. The van der Waals surface area contributed by atoms with Crippen LogP contribution in [0.3, 0.4) is 0 Å². The van der Waals surface area contributed by atoms with Crippen molar-refractivity contribution in [2.45, 2.75) is 24.2 Å². The molecule has 1 unspecified atom stereocenters. The minimum Gasteiger partial charge on any atom is -0.457 e. The number of carbonyl (C=O) groups is 1. The molecular weight excluding hydrogens is 354 g/mol. The lowest BCUT2D eigenvalue weighted by Crippen LogP contribution is -2.35. The van der Waals surface area contributed by atoms with Gasteiger partial charge in [0.05, 0.1) is 16.6 Å². The van der Waals surface area contributed by atoms with Gasteiger partial charge in [0, 0.05) is 6.54 Å². The fourth-order valence-electron chi connectivity index (χ4n) is 2.95. The predicted molar refractivity (Wildman–Crippen MR) is 95.9 cm³/mol. The maximum absolute atomic E-state index is 12.6. The van der Waals surface area contributed by atoms with E-state index in [1.54, 1.807) is 12.1 Å². The van der Waals surface area contributed by atoms with Crippen LogP contribution in [-0.2, 0) is 14.6 Å². The van der Waals surface area contributed by atoms with Gasteiger partial charge in [-0.3, -0.25) is 10.0 Å². The molecule has 7 heteroatoms. The van der Waals surface area contributed by atoms with Crippen molar-refractivity contribution in [3.05, 3.63) is 54.6 Å². The van der Waals surface area contributed by atoms with E-state index in [1.165, 1.54) is 12.1 Å². The van der Waals surface area contributed by atoms with Crippen molar-refractivity contribution in [3.8, 4) is 11.5 Å². The molecule has 1 amide bonds. The molecule has 2 aromatic rings. The molecule has 0 saturated carbocycles. The van der Waals surface area contributed by atoms with Gasteiger partial charge in [-0.05, 0) is 49.2 Å². The zero-order chi connectivity index (χ0) is 18.6. The molecule has 26 heavy (non-hydrogen) atoms. The standard InChI is InChI=1S/C19H21NO5S/c21-19-15(6-4-5-13-20(19)22)14-26(23,24)18-11-9-17(10-12-18)25-16-7-2-1-3-8-16/h1-3,7-12,15,22H,4-6,13-14H2. The zero-order valence-electron chi connectivity index (χ0n) is 14.2. The van der Waals surface area contributed by atoms with Crippen LogP contribution in [0.15, 0.2) is 59.5 Å². The number of amides is 1. The van der Waals surface area contributed by atoms with Crippen molar-refractivity contribution in [1.29, 1.82) is 0 Å². The number of hydrogen-bond acceptors (Lipinski definition) is 5. The summed E-state index contributed by atoms with van der Waals surface area (Å²) in [7, 11) is -3.64. The third kappa shape index (κ3) is 4.42. The van der Waals surface area contributed by atoms with Crippen molar-refractivity contribution in [3.63, 3.8) is 0 Å². The smallest absolute Gasteiger partial charge is 0.250 e. The fourth-order valence-corrected chi connectivity index (χ4v) is 4.53. The number of rotatable bonds is 5. The summed E-state index contributed by atoms with van der Waals surface area (Å²) in [6.45, 7) is 0.251. The normalized spacial score (nSPS) is 18.4. The molecule has 138 valence electrons. The van der Waals surface area contributed by atoms with Crippen LogP contribution in [-0.4, -0.2) is 36.9 Å². The molecule has 1 fully saturated rings. The van der Waals surface area contributed by atoms with Crippen molar-refractivity contribution >= 4 is 15.7 Å². The van der Waals surface area contributed by atoms with Crippen LogP contribution in [0.4, 0.5) is 0 Å². The Kier molecular flexibility index (Phi) is 5.58. The van der Waals surface area contributed by atoms with Crippen LogP contribution in [0.5, 0.6) is 11.5 Å². The Morgan fingerprint density at radius 3 is 2.35 bits per heavy atom. The second-order valence-corrected chi connectivity index (χ2v) is 8.36. The first-order valence-corrected chi connectivity index (χ1v) is 10.2. The Labute approximate surface area is 152 Å². The summed E-state index contributed by atoms with van der Waals surface area (Å²) in [6, 6.07) is 15.3. The fraction of sp³-hybridized carbons (Fsp3) is 0.316. The van der Waals surface area contributed by atoms with E-state index in [0.29, 0.717) is 35.8 Å². The monoisotopic (exact) mass is 375 g/mol. The quantitative estimate of drug-likeness (QED) is 0.811. The third-order valence-corrected chi connectivity index (χ3v) is 6.19. The highest BCUT2D eigenvalue weighted by Gasteiger charge is 2.31. The van der Waals surface area contributed by atoms with Gasteiger partial charge in [0.25, 0.3) is 0 Å². The number of hydroxylamine groups is 2. The molecule has 1 N–H and O–H groups in total. The van der Waals surface area contributed by atoms with Gasteiger partial charge in [0.15, 0.2) is 9.84 Å². The lowest BCUT2D eigenvalue weighted by molar-refractivity contribution is -0.167. The van der Waals surface area contributed by atoms with Crippen LogP contribution in [0.25, 0.3) is 0 Å². The molecule has 1 atom stereocenters. The number of carbonyl (C=O) groups excluding carboxylic acids is 1. The largest absolute Gasteiger partial charge is 0.457 e. The van der Waals surface area contributed by atoms with Gasteiger partial charge in [0.1, 0.15) is 11.5 Å². The summed E-state index contributed by atoms with van der Waals surface area (Å²) in [5.74, 6) is -0.345. The first-order chi connectivity index (χ1) is 12.5. The summed E-state index contributed by atoms with van der Waals surface area (Å²) < 4.78 is 30.9. The van der Waals surface area contributed by atoms with Crippen LogP contribution < -0.4 is 4.74 Å². The van der Waals surface area contributed by atoms with Crippen molar-refractivity contribution in [2.24, 2.45) is 5.92 Å². The van der Waals surface area contributed by atoms with E-state index in [0.717, 1.165) is 0 Å². The number of ether oxygens (including phenoxy) is 1. The van der Waals surface area contributed by atoms with E-state index in [9.17, 15) is 18.4 Å². The molecule has 0 bridgehead atoms. The topological polar surface area (TPSA) is 83.9 Å². The lowest BCUT2D eigenvalue weighted by atomic mass is 10.1. The third-order valence-electron chi connectivity index (χ3n) is 4.36. The number of hydrogen-bond donors (Lipinski definition) is 1. The second kappa shape index (κ2) is 7.88. The lowest BCUT2D eigenvalue weighted by Gasteiger charge is -2.18. The molecule has 1 saturated heterocycles. The van der Waals surface area contributed by atoms with E-state index < -0.39 is 21.7 Å². The highest BCUT2D eigenvalue weighted by Crippen LogP contribution is 2.25. The van der Waals surface area contributed by atoms with Gasteiger partial charge >= 0.3 is 0 Å². The van der Waals surface area contributed by atoms with E-state index in [-0.39, 0.29) is 17.2 Å². The van der Waals surface area contributed by atoms with E-state index in [2.05, 4.69) is 0 Å². The summed E-state index contributed by atoms with van der Waals surface area (Å²) in [5.41, 5.74) is 0. The number of para-hydroxylation sites is 1. The molecular formula is C19H21NO5S. The Morgan fingerprint density at radius 1 is 1.00 bits per heavy atom. The first-order valence-electron chi connectivity index (χ1n) is 8.52. The van der Waals surface area contributed by atoms with Gasteiger partial charge in [-0.1, -0.05) is 24.6 Å². The summed E-state index contributed by atoms with van der Waals surface area (Å²) in [5, 5.41) is 10.3. The van der Waals surface area contributed by atoms with E-state index in [1.807, 2.05) is 30.3 Å². The van der Waals surface area contributed by atoms with Crippen LogP contribution >= 0.6 is 0 Å². The Morgan fingerprint density at radius 2 is 1.65 bits per heavy atom. The van der Waals surface area contributed by atoms with E-state index >= 15 is 0 Å². The Balaban J connectivity index is 1.72.